The minimum Gasteiger partial charge on any atom is -0.356 e. The Labute approximate surface area is 169 Å². The number of rotatable bonds is 8. The molecule has 1 amide bonds. The molecule has 2 aliphatic rings. The van der Waals surface area contributed by atoms with Crippen LogP contribution in [0.25, 0.3) is 0 Å². The van der Waals surface area contributed by atoms with Crippen molar-refractivity contribution in [1.82, 2.24) is 15.1 Å². The van der Waals surface area contributed by atoms with E-state index in [1.54, 1.807) is 6.07 Å². The van der Waals surface area contributed by atoms with E-state index in [2.05, 4.69) is 22.0 Å². The number of amides is 1. The maximum atomic E-state index is 13.8. The molecule has 1 N–H and O–H groups in total. The summed E-state index contributed by atoms with van der Waals surface area (Å²) in [5, 5.41) is 3.15. The lowest BCUT2D eigenvalue weighted by atomic mass is 9.95. The summed E-state index contributed by atoms with van der Waals surface area (Å²) in [5.74, 6) is 0.174. The van der Waals surface area contributed by atoms with Crippen molar-refractivity contribution in [1.29, 1.82) is 0 Å². The maximum Gasteiger partial charge on any atom is 0.223 e. The van der Waals surface area contributed by atoms with E-state index in [1.807, 2.05) is 12.1 Å². The van der Waals surface area contributed by atoms with Gasteiger partial charge >= 0.3 is 0 Å². The Hall–Kier alpha value is -1.46. The molecule has 2 heterocycles. The second-order valence-corrected chi connectivity index (χ2v) is 8.38. The van der Waals surface area contributed by atoms with Crippen molar-refractivity contribution < 1.29 is 9.18 Å². The molecule has 0 radical (unpaired) electrons. The van der Waals surface area contributed by atoms with E-state index >= 15 is 0 Å². The Morgan fingerprint density at radius 1 is 1.14 bits per heavy atom. The normalized spacial score (nSPS) is 22.3. The van der Waals surface area contributed by atoms with E-state index in [1.165, 1.54) is 38.3 Å². The molecule has 1 atom stereocenters. The van der Waals surface area contributed by atoms with Gasteiger partial charge in [-0.25, -0.2) is 4.39 Å². The molecule has 3 rings (SSSR count). The van der Waals surface area contributed by atoms with Crippen molar-refractivity contribution in [3.8, 4) is 0 Å². The lowest BCUT2D eigenvalue weighted by Crippen LogP contribution is -2.42. The number of carbonyl (C=O) groups is 1. The van der Waals surface area contributed by atoms with Crippen LogP contribution in [0.2, 0.25) is 0 Å². The minimum atomic E-state index is -0.138. The monoisotopic (exact) mass is 389 g/mol. The van der Waals surface area contributed by atoms with Gasteiger partial charge in [0.1, 0.15) is 5.82 Å². The Bertz CT molecular complexity index is 616. The summed E-state index contributed by atoms with van der Waals surface area (Å²) in [4.78, 5) is 17.3. The average Bonchev–Trinajstić information content (AvgIpc) is 2.73. The molecule has 4 nitrogen and oxygen atoms in total. The number of piperidine rings is 2. The topological polar surface area (TPSA) is 35.6 Å². The van der Waals surface area contributed by atoms with Crippen molar-refractivity contribution >= 4 is 5.91 Å². The van der Waals surface area contributed by atoms with Crippen LogP contribution in [0.3, 0.4) is 0 Å². The largest absolute Gasteiger partial charge is 0.356 e. The highest BCUT2D eigenvalue weighted by Gasteiger charge is 2.25. The van der Waals surface area contributed by atoms with Gasteiger partial charge in [0.2, 0.25) is 5.91 Å². The SMILES string of the molecule is CC[C@H]1CCCCN1CCCNC(=O)C1CCN(Cc2ccccc2F)CC1. The van der Waals surface area contributed by atoms with Crippen LogP contribution in [0.1, 0.15) is 57.4 Å². The Morgan fingerprint density at radius 2 is 1.93 bits per heavy atom. The molecular weight excluding hydrogens is 353 g/mol. The molecule has 0 saturated carbocycles. The van der Waals surface area contributed by atoms with Gasteiger partial charge in [0.25, 0.3) is 0 Å². The molecule has 1 aromatic carbocycles. The van der Waals surface area contributed by atoms with E-state index in [-0.39, 0.29) is 17.6 Å². The highest BCUT2D eigenvalue weighted by Crippen LogP contribution is 2.21. The Morgan fingerprint density at radius 3 is 2.68 bits per heavy atom. The van der Waals surface area contributed by atoms with Crippen molar-refractivity contribution in [2.24, 2.45) is 5.92 Å². The fraction of sp³-hybridized carbons (Fsp3) is 0.696. The van der Waals surface area contributed by atoms with Gasteiger partial charge in [0.05, 0.1) is 0 Å². The van der Waals surface area contributed by atoms with Crippen LogP contribution in [0.15, 0.2) is 24.3 Å². The molecule has 2 fully saturated rings. The zero-order valence-corrected chi connectivity index (χ0v) is 17.3. The van der Waals surface area contributed by atoms with Gasteiger partial charge in [0, 0.05) is 37.2 Å². The number of nitrogens with zero attached hydrogens (tertiary/aromatic N) is 2. The highest BCUT2D eigenvalue weighted by molar-refractivity contribution is 5.78. The molecule has 0 unspecified atom stereocenters. The van der Waals surface area contributed by atoms with Crippen molar-refractivity contribution in [3.63, 3.8) is 0 Å². The van der Waals surface area contributed by atoms with Crippen molar-refractivity contribution in [2.75, 3.05) is 32.7 Å². The zero-order valence-electron chi connectivity index (χ0n) is 17.3. The predicted octanol–water partition coefficient (Wildman–Crippen LogP) is 3.81. The third-order valence-electron chi connectivity index (χ3n) is 6.45. The quantitative estimate of drug-likeness (QED) is 0.687. The van der Waals surface area contributed by atoms with Crippen LogP contribution in [-0.2, 0) is 11.3 Å². The van der Waals surface area contributed by atoms with Gasteiger partial charge < -0.3 is 10.2 Å². The number of likely N-dealkylation sites (tertiary alicyclic amines) is 2. The first kappa shape index (κ1) is 21.3. The van der Waals surface area contributed by atoms with E-state index in [4.69, 9.17) is 0 Å². The first-order chi connectivity index (χ1) is 13.7. The second-order valence-electron chi connectivity index (χ2n) is 8.38. The maximum absolute atomic E-state index is 13.8. The van der Waals surface area contributed by atoms with E-state index in [0.29, 0.717) is 6.54 Å². The van der Waals surface area contributed by atoms with Gasteiger partial charge in [-0.05, 0) is 64.2 Å². The fourth-order valence-electron chi connectivity index (χ4n) is 4.68. The Kier molecular flexibility index (Phi) is 8.28. The molecule has 0 aromatic heterocycles. The van der Waals surface area contributed by atoms with Gasteiger partial charge in [0.15, 0.2) is 0 Å². The van der Waals surface area contributed by atoms with Crippen molar-refractivity contribution in [3.05, 3.63) is 35.6 Å². The minimum absolute atomic E-state index is 0.107. The van der Waals surface area contributed by atoms with Gasteiger partial charge in [-0.15, -0.1) is 0 Å². The number of hydrogen-bond acceptors (Lipinski definition) is 3. The molecule has 0 aliphatic carbocycles. The standard InChI is InChI=1S/C23H36FN3O/c1-2-21-9-5-6-14-27(21)15-7-13-25-23(28)19-11-16-26(17-12-19)18-20-8-3-4-10-22(20)24/h3-4,8,10,19,21H,2,5-7,9,11-18H2,1H3,(H,25,28)/t21-/m0/s1. The third-order valence-corrected chi connectivity index (χ3v) is 6.45. The molecule has 2 aliphatic heterocycles. The summed E-state index contributed by atoms with van der Waals surface area (Å²) in [6.07, 6.45) is 8.00. The zero-order chi connectivity index (χ0) is 19.8. The van der Waals surface area contributed by atoms with Crippen LogP contribution in [-0.4, -0.2) is 54.5 Å². The lowest BCUT2D eigenvalue weighted by Gasteiger charge is -2.35. The molecular formula is C23H36FN3O. The summed E-state index contributed by atoms with van der Waals surface area (Å²) in [6.45, 7) is 7.73. The van der Waals surface area contributed by atoms with E-state index in [9.17, 15) is 9.18 Å². The Balaban J connectivity index is 1.32. The molecule has 28 heavy (non-hydrogen) atoms. The number of hydrogen-bond donors (Lipinski definition) is 1. The molecule has 1 aromatic rings. The number of benzene rings is 1. The van der Waals surface area contributed by atoms with Gasteiger partial charge in [-0.3, -0.25) is 9.69 Å². The summed E-state index contributed by atoms with van der Waals surface area (Å²) in [7, 11) is 0. The highest BCUT2D eigenvalue weighted by atomic mass is 19.1. The number of carbonyl (C=O) groups excluding carboxylic acids is 1. The predicted molar refractivity (Wildman–Crippen MR) is 112 cm³/mol. The molecule has 0 spiro atoms. The number of halogens is 1. The average molecular weight is 390 g/mol. The van der Waals surface area contributed by atoms with E-state index in [0.717, 1.165) is 57.0 Å². The number of nitrogens with one attached hydrogen (secondary N) is 1. The van der Waals surface area contributed by atoms with Crippen LogP contribution in [0.4, 0.5) is 4.39 Å². The smallest absolute Gasteiger partial charge is 0.223 e. The first-order valence-corrected chi connectivity index (χ1v) is 11.1. The molecule has 0 bridgehead atoms. The lowest BCUT2D eigenvalue weighted by molar-refractivity contribution is -0.126. The molecule has 156 valence electrons. The van der Waals surface area contributed by atoms with Crippen LogP contribution >= 0.6 is 0 Å². The second kappa shape index (κ2) is 10.9. The van der Waals surface area contributed by atoms with Crippen LogP contribution in [0.5, 0.6) is 0 Å². The summed E-state index contributed by atoms with van der Waals surface area (Å²) in [5.41, 5.74) is 0.744. The summed E-state index contributed by atoms with van der Waals surface area (Å²) < 4.78 is 13.8. The fourth-order valence-corrected chi connectivity index (χ4v) is 4.68. The van der Waals surface area contributed by atoms with Crippen LogP contribution in [0, 0.1) is 11.7 Å². The molecule has 2 saturated heterocycles. The van der Waals surface area contributed by atoms with Gasteiger partial charge in [-0.2, -0.15) is 0 Å². The van der Waals surface area contributed by atoms with Crippen LogP contribution < -0.4 is 5.32 Å². The summed E-state index contributed by atoms with van der Waals surface area (Å²) >= 11 is 0. The molecule has 5 heteroatoms. The van der Waals surface area contributed by atoms with Crippen molar-refractivity contribution in [2.45, 2.75) is 64.5 Å². The van der Waals surface area contributed by atoms with Gasteiger partial charge in [-0.1, -0.05) is 31.5 Å². The summed E-state index contributed by atoms with van der Waals surface area (Å²) in [6, 6.07) is 7.71. The van der Waals surface area contributed by atoms with E-state index < -0.39 is 0 Å². The first-order valence-electron chi connectivity index (χ1n) is 11.1. The third kappa shape index (κ3) is 6.02.